The number of anilines is 1. The average Bonchev–Trinajstić information content (AvgIpc) is 2.43. The first-order chi connectivity index (χ1) is 9.60. The van der Waals surface area contributed by atoms with Crippen molar-refractivity contribution in [3.05, 3.63) is 22.8 Å². The van der Waals surface area contributed by atoms with E-state index in [0.29, 0.717) is 22.9 Å². The molecule has 2 rings (SSSR count). The van der Waals surface area contributed by atoms with Crippen molar-refractivity contribution in [2.45, 2.75) is 18.9 Å². The Morgan fingerprint density at radius 3 is 2.90 bits per heavy atom. The number of nitrogens with zero attached hydrogens (tertiary/aromatic N) is 3. The van der Waals surface area contributed by atoms with Crippen LogP contribution >= 0.6 is 11.6 Å². The number of likely N-dealkylation sites (tertiary alicyclic amines) is 1. The maximum Gasteiger partial charge on any atom is 0.231 e. The van der Waals surface area contributed by atoms with E-state index in [1.54, 1.807) is 12.3 Å². The normalized spacial score (nSPS) is 16.6. The SMILES string of the molecule is N#Cc1ccnc(NC2CCN(CC(N)=O)CC2)c1Cl. The summed E-state index contributed by atoms with van der Waals surface area (Å²) < 4.78 is 0. The van der Waals surface area contributed by atoms with Gasteiger partial charge in [0.15, 0.2) is 0 Å². The van der Waals surface area contributed by atoms with Gasteiger partial charge in [0.05, 0.1) is 12.1 Å². The number of halogens is 1. The predicted molar refractivity (Wildman–Crippen MR) is 76.2 cm³/mol. The van der Waals surface area contributed by atoms with Gasteiger partial charge in [0, 0.05) is 25.3 Å². The molecule has 20 heavy (non-hydrogen) atoms. The van der Waals surface area contributed by atoms with Gasteiger partial charge in [-0.15, -0.1) is 0 Å². The van der Waals surface area contributed by atoms with Crippen LogP contribution < -0.4 is 11.1 Å². The van der Waals surface area contributed by atoms with E-state index in [9.17, 15) is 4.79 Å². The van der Waals surface area contributed by atoms with E-state index in [-0.39, 0.29) is 11.9 Å². The van der Waals surface area contributed by atoms with Gasteiger partial charge < -0.3 is 11.1 Å². The first-order valence-corrected chi connectivity index (χ1v) is 6.79. The summed E-state index contributed by atoms with van der Waals surface area (Å²) in [6, 6.07) is 3.85. The van der Waals surface area contributed by atoms with E-state index in [1.165, 1.54) is 0 Å². The summed E-state index contributed by atoms with van der Waals surface area (Å²) >= 11 is 6.11. The zero-order valence-corrected chi connectivity index (χ0v) is 11.7. The highest BCUT2D eigenvalue weighted by Gasteiger charge is 2.21. The fourth-order valence-corrected chi connectivity index (χ4v) is 2.49. The summed E-state index contributed by atoms with van der Waals surface area (Å²) in [4.78, 5) is 17.1. The number of hydrogen-bond acceptors (Lipinski definition) is 5. The summed E-state index contributed by atoms with van der Waals surface area (Å²) in [6.45, 7) is 1.90. The number of carbonyl (C=O) groups excluding carboxylic acids is 1. The topological polar surface area (TPSA) is 95.0 Å². The van der Waals surface area contributed by atoms with Gasteiger partial charge in [-0.05, 0) is 18.9 Å². The fourth-order valence-electron chi connectivity index (χ4n) is 2.28. The number of nitrogens with two attached hydrogens (primary N) is 1. The number of carbonyl (C=O) groups is 1. The van der Waals surface area contributed by atoms with Crippen molar-refractivity contribution < 1.29 is 4.79 Å². The highest BCUT2D eigenvalue weighted by atomic mass is 35.5. The van der Waals surface area contributed by atoms with Crippen molar-refractivity contribution in [2.75, 3.05) is 25.0 Å². The number of piperidine rings is 1. The molecule has 1 aromatic rings. The molecular weight excluding hydrogens is 278 g/mol. The van der Waals surface area contributed by atoms with E-state index in [4.69, 9.17) is 22.6 Å². The lowest BCUT2D eigenvalue weighted by Crippen LogP contribution is -2.43. The van der Waals surface area contributed by atoms with Crippen molar-refractivity contribution >= 4 is 23.3 Å². The second-order valence-electron chi connectivity index (χ2n) is 4.79. The molecule has 6 nitrogen and oxygen atoms in total. The van der Waals surface area contributed by atoms with E-state index < -0.39 is 0 Å². The highest BCUT2D eigenvalue weighted by Crippen LogP contribution is 2.25. The molecule has 1 amide bonds. The van der Waals surface area contributed by atoms with Gasteiger partial charge in [-0.1, -0.05) is 11.6 Å². The van der Waals surface area contributed by atoms with E-state index in [1.807, 2.05) is 11.0 Å². The van der Waals surface area contributed by atoms with Crippen molar-refractivity contribution in [1.82, 2.24) is 9.88 Å². The Morgan fingerprint density at radius 1 is 1.60 bits per heavy atom. The average molecular weight is 294 g/mol. The molecule has 1 aliphatic rings. The van der Waals surface area contributed by atoms with Crippen LogP contribution in [-0.2, 0) is 4.79 Å². The molecule has 0 atom stereocenters. The van der Waals surface area contributed by atoms with Gasteiger partial charge in [0.1, 0.15) is 16.9 Å². The maximum absolute atomic E-state index is 10.9. The zero-order chi connectivity index (χ0) is 14.5. The van der Waals surface area contributed by atoms with Crippen molar-refractivity contribution in [2.24, 2.45) is 5.73 Å². The summed E-state index contributed by atoms with van der Waals surface area (Å²) in [6.07, 6.45) is 3.32. The number of hydrogen-bond donors (Lipinski definition) is 2. The summed E-state index contributed by atoms with van der Waals surface area (Å²) in [5.74, 6) is 0.238. The van der Waals surface area contributed by atoms with Crippen LogP contribution in [0.3, 0.4) is 0 Å². The van der Waals surface area contributed by atoms with Crippen LogP contribution in [-0.4, -0.2) is 41.5 Å². The van der Waals surface area contributed by atoms with Gasteiger partial charge in [0.2, 0.25) is 5.91 Å². The molecule has 0 spiro atoms. The lowest BCUT2D eigenvalue weighted by molar-refractivity contribution is -0.119. The zero-order valence-electron chi connectivity index (χ0n) is 11.0. The first-order valence-electron chi connectivity index (χ1n) is 6.42. The Kier molecular flexibility index (Phi) is 4.77. The van der Waals surface area contributed by atoms with Gasteiger partial charge in [0.25, 0.3) is 0 Å². The predicted octanol–water partition coefficient (Wildman–Crippen LogP) is 0.968. The third-order valence-corrected chi connectivity index (χ3v) is 3.70. The minimum Gasteiger partial charge on any atom is -0.369 e. The quantitative estimate of drug-likeness (QED) is 0.862. The first kappa shape index (κ1) is 14.6. The Hall–Kier alpha value is -1.84. The van der Waals surface area contributed by atoms with Crippen LogP contribution in [0.1, 0.15) is 18.4 Å². The van der Waals surface area contributed by atoms with Crippen molar-refractivity contribution in [3.8, 4) is 6.07 Å². The fraction of sp³-hybridized carbons (Fsp3) is 0.462. The number of amides is 1. The van der Waals surface area contributed by atoms with E-state index in [0.717, 1.165) is 25.9 Å². The highest BCUT2D eigenvalue weighted by molar-refractivity contribution is 6.34. The van der Waals surface area contributed by atoms with Crippen molar-refractivity contribution in [1.29, 1.82) is 5.26 Å². The molecule has 0 radical (unpaired) electrons. The molecule has 0 unspecified atom stereocenters. The molecule has 1 saturated heterocycles. The lowest BCUT2D eigenvalue weighted by atomic mass is 10.0. The Labute approximate surface area is 122 Å². The van der Waals surface area contributed by atoms with Crippen LogP contribution in [0, 0.1) is 11.3 Å². The smallest absolute Gasteiger partial charge is 0.231 e. The van der Waals surface area contributed by atoms with Crippen molar-refractivity contribution in [3.63, 3.8) is 0 Å². The van der Waals surface area contributed by atoms with E-state index >= 15 is 0 Å². The number of nitriles is 1. The Balaban J connectivity index is 1.93. The van der Waals surface area contributed by atoms with E-state index in [2.05, 4.69) is 10.3 Å². The molecule has 2 heterocycles. The van der Waals surface area contributed by atoms with Crippen LogP contribution in [0.15, 0.2) is 12.3 Å². The number of nitrogens with one attached hydrogen (secondary N) is 1. The van der Waals surface area contributed by atoms with Crippen LogP contribution in [0.2, 0.25) is 5.02 Å². The lowest BCUT2D eigenvalue weighted by Gasteiger charge is -2.31. The summed E-state index contributed by atoms with van der Waals surface area (Å²) in [5.41, 5.74) is 5.59. The minimum atomic E-state index is -0.303. The monoisotopic (exact) mass is 293 g/mol. The number of primary amides is 1. The maximum atomic E-state index is 10.9. The third-order valence-electron chi connectivity index (χ3n) is 3.32. The Morgan fingerprint density at radius 2 is 2.30 bits per heavy atom. The molecule has 1 aromatic heterocycles. The molecule has 0 bridgehead atoms. The number of rotatable bonds is 4. The second kappa shape index (κ2) is 6.55. The number of pyridine rings is 1. The molecule has 0 aliphatic carbocycles. The molecule has 1 fully saturated rings. The van der Waals surface area contributed by atoms with Crippen LogP contribution in [0.5, 0.6) is 0 Å². The summed E-state index contributed by atoms with van der Waals surface area (Å²) in [5, 5.41) is 12.5. The molecule has 3 N–H and O–H groups in total. The molecule has 106 valence electrons. The molecule has 0 aromatic carbocycles. The molecule has 7 heteroatoms. The van der Waals surface area contributed by atoms with Gasteiger partial charge in [-0.25, -0.2) is 4.98 Å². The minimum absolute atomic E-state index is 0.234. The largest absolute Gasteiger partial charge is 0.369 e. The molecule has 1 aliphatic heterocycles. The standard InChI is InChI=1S/C13H16ClN5O/c14-12-9(7-15)1-4-17-13(12)18-10-2-5-19(6-3-10)8-11(16)20/h1,4,10H,2-3,5-6,8H2,(H2,16,20)(H,17,18). The molecule has 0 saturated carbocycles. The Bertz CT molecular complexity index is 534. The van der Waals surface area contributed by atoms with Crippen LogP contribution in [0.25, 0.3) is 0 Å². The summed E-state index contributed by atoms with van der Waals surface area (Å²) in [7, 11) is 0. The second-order valence-corrected chi connectivity index (χ2v) is 5.17. The molecular formula is C13H16ClN5O. The van der Waals surface area contributed by atoms with Crippen LogP contribution in [0.4, 0.5) is 5.82 Å². The number of aromatic nitrogens is 1. The van der Waals surface area contributed by atoms with Gasteiger partial charge in [-0.3, -0.25) is 9.69 Å². The third kappa shape index (κ3) is 3.59. The van der Waals surface area contributed by atoms with Gasteiger partial charge >= 0.3 is 0 Å². The van der Waals surface area contributed by atoms with Gasteiger partial charge in [-0.2, -0.15) is 5.26 Å².